The summed E-state index contributed by atoms with van der Waals surface area (Å²) in [5.74, 6) is 0. The first-order chi connectivity index (χ1) is 7.86. The molecule has 1 aromatic carbocycles. The van der Waals surface area contributed by atoms with Gasteiger partial charge in [-0.15, -0.1) is 0 Å². The van der Waals surface area contributed by atoms with Crippen LogP contribution >= 0.6 is 0 Å². The SMILES string of the molecule is CCCNC(CN)c1coc2ccccc12. The molecule has 0 amide bonds. The zero-order valence-electron chi connectivity index (χ0n) is 9.57. The van der Waals surface area contributed by atoms with Gasteiger partial charge >= 0.3 is 0 Å². The fraction of sp³-hybridized carbons (Fsp3) is 0.385. The van der Waals surface area contributed by atoms with Crippen LogP contribution in [0.1, 0.15) is 24.9 Å². The second-order valence-electron chi connectivity index (χ2n) is 3.93. The fourth-order valence-electron chi connectivity index (χ4n) is 1.91. The molecule has 1 heterocycles. The summed E-state index contributed by atoms with van der Waals surface area (Å²) in [5.41, 5.74) is 7.88. The monoisotopic (exact) mass is 218 g/mol. The van der Waals surface area contributed by atoms with Crippen molar-refractivity contribution in [2.75, 3.05) is 13.1 Å². The molecule has 2 rings (SSSR count). The van der Waals surface area contributed by atoms with Gasteiger partial charge in [-0.1, -0.05) is 25.1 Å². The number of nitrogens with one attached hydrogen (secondary N) is 1. The van der Waals surface area contributed by atoms with Crippen molar-refractivity contribution in [3.8, 4) is 0 Å². The Hall–Kier alpha value is -1.32. The van der Waals surface area contributed by atoms with Gasteiger partial charge in [-0.05, 0) is 19.0 Å². The number of fused-ring (bicyclic) bond motifs is 1. The molecular weight excluding hydrogens is 200 g/mol. The van der Waals surface area contributed by atoms with Gasteiger partial charge in [-0.25, -0.2) is 0 Å². The van der Waals surface area contributed by atoms with Crippen molar-refractivity contribution in [3.63, 3.8) is 0 Å². The highest BCUT2D eigenvalue weighted by Crippen LogP contribution is 2.25. The highest BCUT2D eigenvalue weighted by atomic mass is 16.3. The number of rotatable bonds is 5. The minimum absolute atomic E-state index is 0.184. The summed E-state index contributed by atoms with van der Waals surface area (Å²) in [6.45, 7) is 3.71. The van der Waals surface area contributed by atoms with Crippen LogP contribution in [0, 0.1) is 0 Å². The highest BCUT2D eigenvalue weighted by molar-refractivity contribution is 5.81. The van der Waals surface area contributed by atoms with Crippen molar-refractivity contribution in [2.45, 2.75) is 19.4 Å². The average Bonchev–Trinajstić information content (AvgIpc) is 2.75. The summed E-state index contributed by atoms with van der Waals surface area (Å²) in [6.07, 6.45) is 2.91. The van der Waals surface area contributed by atoms with Gasteiger partial charge in [-0.2, -0.15) is 0 Å². The second kappa shape index (κ2) is 5.14. The van der Waals surface area contributed by atoms with E-state index in [-0.39, 0.29) is 6.04 Å². The molecule has 0 saturated carbocycles. The highest BCUT2D eigenvalue weighted by Gasteiger charge is 2.14. The normalized spacial score (nSPS) is 13.1. The number of benzene rings is 1. The molecule has 1 unspecified atom stereocenters. The van der Waals surface area contributed by atoms with Gasteiger partial charge in [0.15, 0.2) is 0 Å². The molecule has 0 bridgehead atoms. The molecule has 0 radical (unpaired) electrons. The molecule has 0 aliphatic rings. The first-order valence-electron chi connectivity index (χ1n) is 5.76. The molecule has 0 aliphatic carbocycles. The van der Waals surface area contributed by atoms with Gasteiger partial charge in [0.25, 0.3) is 0 Å². The number of furan rings is 1. The number of para-hydroxylation sites is 1. The van der Waals surface area contributed by atoms with Crippen LogP contribution in [-0.2, 0) is 0 Å². The van der Waals surface area contributed by atoms with Crippen LogP contribution in [0.5, 0.6) is 0 Å². The molecule has 3 nitrogen and oxygen atoms in total. The molecule has 3 N–H and O–H groups in total. The minimum Gasteiger partial charge on any atom is -0.464 e. The summed E-state index contributed by atoms with van der Waals surface area (Å²) >= 11 is 0. The number of nitrogens with two attached hydrogens (primary N) is 1. The Morgan fingerprint density at radius 3 is 2.94 bits per heavy atom. The van der Waals surface area contributed by atoms with E-state index in [1.54, 1.807) is 0 Å². The van der Waals surface area contributed by atoms with Crippen molar-refractivity contribution in [2.24, 2.45) is 5.73 Å². The van der Waals surface area contributed by atoms with Gasteiger partial charge in [0.05, 0.1) is 6.26 Å². The maximum atomic E-state index is 5.79. The van der Waals surface area contributed by atoms with Gasteiger partial charge < -0.3 is 15.5 Å². The van der Waals surface area contributed by atoms with E-state index in [1.165, 1.54) is 0 Å². The van der Waals surface area contributed by atoms with E-state index < -0.39 is 0 Å². The summed E-state index contributed by atoms with van der Waals surface area (Å²) in [6, 6.07) is 8.24. The molecule has 86 valence electrons. The molecule has 0 fully saturated rings. The zero-order chi connectivity index (χ0) is 11.4. The summed E-state index contributed by atoms with van der Waals surface area (Å²) in [4.78, 5) is 0. The number of hydrogen-bond acceptors (Lipinski definition) is 3. The van der Waals surface area contributed by atoms with Crippen LogP contribution < -0.4 is 11.1 Å². The molecule has 16 heavy (non-hydrogen) atoms. The van der Waals surface area contributed by atoms with E-state index in [2.05, 4.69) is 18.3 Å². The van der Waals surface area contributed by atoms with Crippen LogP contribution in [0.3, 0.4) is 0 Å². The third-order valence-corrected chi connectivity index (χ3v) is 2.76. The lowest BCUT2D eigenvalue weighted by Gasteiger charge is -2.14. The first-order valence-corrected chi connectivity index (χ1v) is 5.76. The van der Waals surface area contributed by atoms with E-state index in [0.29, 0.717) is 6.54 Å². The Balaban J connectivity index is 2.30. The quantitative estimate of drug-likeness (QED) is 0.810. The lowest BCUT2D eigenvalue weighted by molar-refractivity contribution is 0.528. The maximum Gasteiger partial charge on any atom is 0.134 e. The third kappa shape index (κ3) is 2.10. The maximum absolute atomic E-state index is 5.79. The minimum atomic E-state index is 0.184. The van der Waals surface area contributed by atoms with E-state index in [1.807, 2.05) is 24.5 Å². The summed E-state index contributed by atoms with van der Waals surface area (Å²) in [5, 5.41) is 4.58. The zero-order valence-corrected chi connectivity index (χ0v) is 9.57. The Morgan fingerprint density at radius 1 is 1.38 bits per heavy atom. The molecule has 2 aromatic rings. The van der Waals surface area contributed by atoms with E-state index in [0.717, 1.165) is 29.5 Å². The third-order valence-electron chi connectivity index (χ3n) is 2.76. The van der Waals surface area contributed by atoms with Gasteiger partial charge in [0.1, 0.15) is 5.58 Å². The molecule has 1 aromatic heterocycles. The lowest BCUT2D eigenvalue weighted by Crippen LogP contribution is -2.28. The largest absolute Gasteiger partial charge is 0.464 e. The Kier molecular flexibility index (Phi) is 3.59. The topological polar surface area (TPSA) is 51.2 Å². The fourth-order valence-corrected chi connectivity index (χ4v) is 1.91. The molecular formula is C13H18N2O. The predicted molar refractivity (Wildman–Crippen MR) is 66.3 cm³/mol. The Labute approximate surface area is 95.6 Å². The second-order valence-corrected chi connectivity index (χ2v) is 3.93. The van der Waals surface area contributed by atoms with Crippen molar-refractivity contribution in [3.05, 3.63) is 36.1 Å². The Bertz CT molecular complexity index is 450. The van der Waals surface area contributed by atoms with E-state index in [4.69, 9.17) is 10.2 Å². The van der Waals surface area contributed by atoms with Crippen molar-refractivity contribution in [1.82, 2.24) is 5.32 Å². The molecule has 1 atom stereocenters. The van der Waals surface area contributed by atoms with E-state index in [9.17, 15) is 0 Å². The standard InChI is InChI=1S/C13H18N2O/c1-2-7-15-12(8-14)11-9-16-13-6-4-3-5-10(11)13/h3-6,9,12,15H,2,7-8,14H2,1H3. The van der Waals surface area contributed by atoms with Crippen LogP contribution in [0.25, 0.3) is 11.0 Å². The van der Waals surface area contributed by atoms with Crippen molar-refractivity contribution in [1.29, 1.82) is 0 Å². The van der Waals surface area contributed by atoms with E-state index >= 15 is 0 Å². The molecule has 0 aliphatic heterocycles. The van der Waals surface area contributed by atoms with Crippen LogP contribution in [-0.4, -0.2) is 13.1 Å². The Morgan fingerprint density at radius 2 is 2.19 bits per heavy atom. The van der Waals surface area contributed by atoms with Crippen molar-refractivity contribution >= 4 is 11.0 Å². The number of hydrogen-bond donors (Lipinski definition) is 2. The smallest absolute Gasteiger partial charge is 0.134 e. The predicted octanol–water partition coefficient (Wildman–Crippen LogP) is 2.43. The lowest BCUT2D eigenvalue weighted by atomic mass is 10.1. The molecule has 0 spiro atoms. The first kappa shape index (κ1) is 11.2. The average molecular weight is 218 g/mol. The van der Waals surface area contributed by atoms with Crippen LogP contribution in [0.4, 0.5) is 0 Å². The van der Waals surface area contributed by atoms with Gasteiger partial charge in [0, 0.05) is 23.5 Å². The summed E-state index contributed by atoms with van der Waals surface area (Å²) < 4.78 is 5.52. The van der Waals surface area contributed by atoms with Crippen LogP contribution in [0.15, 0.2) is 34.9 Å². The summed E-state index contributed by atoms with van der Waals surface area (Å²) in [7, 11) is 0. The van der Waals surface area contributed by atoms with Crippen LogP contribution in [0.2, 0.25) is 0 Å². The van der Waals surface area contributed by atoms with Gasteiger partial charge in [-0.3, -0.25) is 0 Å². The van der Waals surface area contributed by atoms with Gasteiger partial charge in [0.2, 0.25) is 0 Å². The molecule has 3 heteroatoms. The molecule has 0 saturated heterocycles. The van der Waals surface area contributed by atoms with Crippen molar-refractivity contribution < 1.29 is 4.42 Å².